The predicted molar refractivity (Wildman–Crippen MR) is 141 cm³/mol. The Kier molecular flexibility index (Phi) is 9.55. The Labute approximate surface area is 235 Å². The number of nitrogens with zero attached hydrogens (tertiary/aromatic N) is 3. The molecule has 2 aliphatic rings. The van der Waals surface area contributed by atoms with Crippen LogP contribution >= 0.6 is 0 Å². The van der Waals surface area contributed by atoms with E-state index in [9.17, 15) is 31.1 Å². The molecular weight excluding hydrogens is 552 g/mol. The van der Waals surface area contributed by atoms with E-state index < -0.39 is 35.4 Å². The lowest BCUT2D eigenvalue weighted by atomic mass is 9.99. The van der Waals surface area contributed by atoms with Gasteiger partial charge in [-0.1, -0.05) is 12.1 Å². The first-order valence-corrected chi connectivity index (χ1v) is 13.6. The Hall–Kier alpha value is -2.83. The number of benzene rings is 2. The van der Waals surface area contributed by atoms with E-state index in [1.54, 1.807) is 0 Å². The second kappa shape index (κ2) is 12.6. The molecule has 0 spiro atoms. The molecule has 2 heterocycles. The van der Waals surface area contributed by atoms with Gasteiger partial charge in [-0.3, -0.25) is 14.6 Å². The number of rotatable bonds is 7. The lowest BCUT2D eigenvalue weighted by Gasteiger charge is -2.43. The molecule has 2 fully saturated rings. The minimum Gasteiger partial charge on any atom is -0.497 e. The van der Waals surface area contributed by atoms with E-state index in [0.29, 0.717) is 25.2 Å². The minimum absolute atomic E-state index is 0.0879. The lowest BCUT2D eigenvalue weighted by molar-refractivity contribution is -0.138. The summed E-state index contributed by atoms with van der Waals surface area (Å²) in [5.41, 5.74) is -1.32. The molecule has 226 valence electrons. The highest BCUT2D eigenvalue weighted by Crippen LogP contribution is 2.34. The zero-order chi connectivity index (χ0) is 29.9. The van der Waals surface area contributed by atoms with Gasteiger partial charge in [0.15, 0.2) is 0 Å². The third kappa shape index (κ3) is 8.14. The maximum Gasteiger partial charge on any atom is 0.416 e. The van der Waals surface area contributed by atoms with Gasteiger partial charge in [-0.05, 0) is 56.2 Å². The molecule has 0 N–H and O–H groups in total. The summed E-state index contributed by atoms with van der Waals surface area (Å²) in [5, 5.41) is 0. The third-order valence-electron chi connectivity index (χ3n) is 7.52. The fraction of sp³-hybridized carbons (Fsp3) is 0.552. The molecule has 2 aromatic rings. The Morgan fingerprint density at radius 3 is 2.05 bits per heavy atom. The standard InChI is InChI=1S/C29H35F6N3O3/c1-19-16-37(17-20(2)41-19)9-8-36-10-11-38(25(18-36)12-21-4-6-23(7-5-21)28(30,31)32)27(39)22-13-24(29(33,34)35)15-26(14-22)40-3/h4-7,13-15,19-20,25H,8-12,16-18H2,1-3H3/t19?,20?,25-/m1/s1. The summed E-state index contributed by atoms with van der Waals surface area (Å²) in [4.78, 5) is 19.7. The van der Waals surface area contributed by atoms with Gasteiger partial charge in [-0.2, -0.15) is 26.3 Å². The van der Waals surface area contributed by atoms with Crippen LogP contribution in [0, 0.1) is 0 Å². The molecule has 2 saturated heterocycles. The Bertz CT molecular complexity index is 1180. The summed E-state index contributed by atoms with van der Waals surface area (Å²) in [6, 6.07) is 7.23. The molecule has 0 saturated carbocycles. The molecule has 2 aromatic carbocycles. The van der Waals surface area contributed by atoms with Gasteiger partial charge in [0.05, 0.1) is 30.4 Å². The van der Waals surface area contributed by atoms with Crippen molar-refractivity contribution < 1.29 is 40.6 Å². The van der Waals surface area contributed by atoms with Gasteiger partial charge >= 0.3 is 12.4 Å². The van der Waals surface area contributed by atoms with E-state index in [-0.39, 0.29) is 36.5 Å². The number of morpholine rings is 1. The summed E-state index contributed by atoms with van der Waals surface area (Å²) in [6.07, 6.45) is -8.66. The summed E-state index contributed by atoms with van der Waals surface area (Å²) in [7, 11) is 1.23. The third-order valence-corrected chi connectivity index (χ3v) is 7.52. The van der Waals surface area contributed by atoms with Gasteiger partial charge in [-0.25, -0.2) is 0 Å². The van der Waals surface area contributed by atoms with Gasteiger partial charge in [0.1, 0.15) is 5.75 Å². The summed E-state index contributed by atoms with van der Waals surface area (Å²) >= 11 is 0. The highest BCUT2D eigenvalue weighted by atomic mass is 19.4. The van der Waals surface area contributed by atoms with Crippen LogP contribution < -0.4 is 4.74 Å². The predicted octanol–water partition coefficient (Wildman–Crippen LogP) is 5.21. The van der Waals surface area contributed by atoms with Crippen LogP contribution in [-0.4, -0.2) is 91.8 Å². The Balaban J connectivity index is 1.55. The maximum absolute atomic E-state index is 13.6. The number of alkyl halides is 6. The number of hydrogen-bond acceptors (Lipinski definition) is 5. The average Bonchev–Trinajstić information content (AvgIpc) is 2.90. The molecule has 0 aromatic heterocycles. The largest absolute Gasteiger partial charge is 0.497 e. The van der Waals surface area contributed by atoms with Gasteiger partial charge in [0.25, 0.3) is 5.91 Å². The van der Waals surface area contributed by atoms with E-state index in [2.05, 4.69) is 9.80 Å². The average molecular weight is 588 g/mol. The molecule has 4 rings (SSSR count). The number of hydrogen-bond donors (Lipinski definition) is 0. The van der Waals surface area contributed by atoms with Crippen molar-refractivity contribution in [2.45, 2.75) is 50.9 Å². The van der Waals surface area contributed by atoms with E-state index >= 15 is 0 Å². The van der Waals surface area contributed by atoms with Crippen LogP contribution in [0.3, 0.4) is 0 Å². The van der Waals surface area contributed by atoms with Crippen molar-refractivity contribution in [2.75, 3.05) is 52.9 Å². The van der Waals surface area contributed by atoms with E-state index in [4.69, 9.17) is 9.47 Å². The Morgan fingerprint density at radius 1 is 0.854 bits per heavy atom. The molecule has 0 radical (unpaired) electrons. The highest BCUT2D eigenvalue weighted by Gasteiger charge is 2.36. The minimum atomic E-state index is -4.67. The fourth-order valence-electron chi connectivity index (χ4n) is 5.59. The molecule has 0 aliphatic carbocycles. The Morgan fingerprint density at radius 2 is 1.46 bits per heavy atom. The van der Waals surface area contributed by atoms with Crippen molar-refractivity contribution >= 4 is 5.91 Å². The number of halogens is 6. The van der Waals surface area contributed by atoms with Crippen molar-refractivity contribution in [3.05, 3.63) is 64.7 Å². The smallest absolute Gasteiger partial charge is 0.416 e. The van der Waals surface area contributed by atoms with Gasteiger partial charge in [0.2, 0.25) is 0 Å². The summed E-state index contributed by atoms with van der Waals surface area (Å²) < 4.78 is 90.7. The molecule has 0 bridgehead atoms. The van der Waals surface area contributed by atoms with Crippen LogP contribution in [0.2, 0.25) is 0 Å². The number of piperazine rings is 1. The molecule has 2 unspecified atom stereocenters. The van der Waals surface area contributed by atoms with Crippen molar-refractivity contribution in [2.24, 2.45) is 0 Å². The molecule has 2 aliphatic heterocycles. The zero-order valence-electron chi connectivity index (χ0n) is 23.3. The van der Waals surface area contributed by atoms with Crippen LogP contribution in [0.15, 0.2) is 42.5 Å². The summed E-state index contributed by atoms with van der Waals surface area (Å²) in [5.74, 6) is -0.670. The molecule has 3 atom stereocenters. The lowest BCUT2D eigenvalue weighted by Crippen LogP contribution is -2.57. The van der Waals surface area contributed by atoms with Gasteiger partial charge < -0.3 is 14.4 Å². The van der Waals surface area contributed by atoms with Crippen LogP contribution in [-0.2, 0) is 23.5 Å². The van der Waals surface area contributed by atoms with Gasteiger partial charge in [0, 0.05) is 57.4 Å². The molecule has 41 heavy (non-hydrogen) atoms. The van der Waals surface area contributed by atoms with Crippen LogP contribution in [0.4, 0.5) is 26.3 Å². The van der Waals surface area contributed by atoms with Crippen molar-refractivity contribution in [3.63, 3.8) is 0 Å². The zero-order valence-corrected chi connectivity index (χ0v) is 23.3. The number of carbonyl (C=O) groups excluding carboxylic acids is 1. The summed E-state index contributed by atoms with van der Waals surface area (Å²) in [6.45, 7) is 8.35. The van der Waals surface area contributed by atoms with Crippen LogP contribution in [0.1, 0.15) is 40.9 Å². The number of amides is 1. The molecular formula is C29H35F6N3O3. The highest BCUT2D eigenvalue weighted by molar-refractivity contribution is 5.95. The first kappa shape index (κ1) is 31.1. The molecule has 1 amide bonds. The van der Waals surface area contributed by atoms with Crippen LogP contribution in [0.5, 0.6) is 5.75 Å². The number of carbonyl (C=O) groups is 1. The quantitative estimate of drug-likeness (QED) is 0.417. The van der Waals surface area contributed by atoms with Crippen LogP contribution in [0.25, 0.3) is 0 Å². The van der Waals surface area contributed by atoms with Crippen molar-refractivity contribution in [1.82, 2.24) is 14.7 Å². The van der Waals surface area contributed by atoms with E-state index in [0.717, 1.165) is 43.9 Å². The maximum atomic E-state index is 13.6. The molecule has 6 nitrogen and oxygen atoms in total. The number of ether oxygens (including phenoxy) is 2. The van der Waals surface area contributed by atoms with E-state index in [1.807, 2.05) is 13.8 Å². The second-order valence-corrected chi connectivity index (χ2v) is 10.8. The normalized spacial score (nSPS) is 23.0. The number of methoxy groups -OCH3 is 1. The van der Waals surface area contributed by atoms with E-state index in [1.165, 1.54) is 30.2 Å². The second-order valence-electron chi connectivity index (χ2n) is 10.8. The molecule has 12 heteroatoms. The first-order chi connectivity index (χ1) is 19.2. The fourth-order valence-corrected chi connectivity index (χ4v) is 5.59. The van der Waals surface area contributed by atoms with Gasteiger partial charge in [-0.15, -0.1) is 0 Å². The first-order valence-electron chi connectivity index (χ1n) is 13.6. The topological polar surface area (TPSA) is 45.2 Å². The SMILES string of the molecule is COc1cc(C(=O)N2CCN(CCN3CC(C)OC(C)C3)C[C@H]2Cc2ccc(C(F)(F)F)cc2)cc(C(F)(F)F)c1. The van der Waals surface area contributed by atoms with Crippen molar-refractivity contribution in [1.29, 1.82) is 0 Å². The van der Waals surface area contributed by atoms with Crippen molar-refractivity contribution in [3.8, 4) is 5.75 Å². The monoisotopic (exact) mass is 587 g/mol.